The first-order chi connectivity index (χ1) is 17.3. The second-order valence-corrected chi connectivity index (χ2v) is 11.4. The second kappa shape index (κ2) is 9.98. The summed E-state index contributed by atoms with van der Waals surface area (Å²) in [5.41, 5.74) is 5.12. The van der Waals surface area contributed by atoms with Gasteiger partial charge in [0.2, 0.25) is 11.8 Å². The number of allylic oxidation sites excluding steroid dienone is 2. The number of halogens is 1. The van der Waals surface area contributed by atoms with E-state index in [9.17, 15) is 14.7 Å². The van der Waals surface area contributed by atoms with Crippen molar-refractivity contribution in [2.45, 2.75) is 46.1 Å². The Bertz CT molecular complexity index is 1250. The second-order valence-electron chi connectivity index (χ2n) is 10.5. The van der Waals surface area contributed by atoms with E-state index in [1.54, 1.807) is 6.07 Å². The molecule has 2 aliphatic heterocycles. The van der Waals surface area contributed by atoms with Crippen LogP contribution in [0, 0.1) is 23.7 Å². The molecule has 0 bridgehead atoms. The summed E-state index contributed by atoms with van der Waals surface area (Å²) in [7, 11) is 0. The minimum Gasteiger partial charge on any atom is -0.507 e. The van der Waals surface area contributed by atoms with Crippen LogP contribution in [0.1, 0.15) is 45.6 Å². The number of rotatable bonds is 6. The summed E-state index contributed by atoms with van der Waals surface area (Å²) >= 11 is 3.47. The van der Waals surface area contributed by atoms with E-state index >= 15 is 0 Å². The first-order valence-corrected chi connectivity index (χ1v) is 13.5. The van der Waals surface area contributed by atoms with E-state index in [1.807, 2.05) is 48.5 Å². The van der Waals surface area contributed by atoms with Crippen LogP contribution in [0.25, 0.3) is 6.08 Å². The summed E-state index contributed by atoms with van der Waals surface area (Å²) in [5, 5.41) is 10.2. The molecule has 2 fully saturated rings. The molecule has 0 spiro atoms. The molecule has 1 aliphatic carbocycles. The lowest BCUT2D eigenvalue weighted by Crippen LogP contribution is -2.35. The van der Waals surface area contributed by atoms with E-state index in [-0.39, 0.29) is 47.3 Å². The van der Waals surface area contributed by atoms with Crippen LogP contribution >= 0.6 is 15.9 Å². The van der Waals surface area contributed by atoms with E-state index in [0.717, 1.165) is 28.5 Å². The molecular weight excluding hydrogens is 518 g/mol. The molecule has 2 heterocycles. The monoisotopic (exact) mass is 549 g/mol. The van der Waals surface area contributed by atoms with Crippen molar-refractivity contribution in [1.29, 1.82) is 0 Å². The maximum absolute atomic E-state index is 13.6. The summed E-state index contributed by atoms with van der Waals surface area (Å²) in [5.74, 6) is -0.337. The molecule has 1 N–H and O–H groups in total. The molecule has 0 saturated carbocycles. The summed E-state index contributed by atoms with van der Waals surface area (Å²) in [6.45, 7) is 6.89. The van der Waals surface area contributed by atoms with Crippen molar-refractivity contribution in [2.75, 3.05) is 11.5 Å². The van der Waals surface area contributed by atoms with Gasteiger partial charge in [0.1, 0.15) is 5.75 Å². The van der Waals surface area contributed by atoms with E-state index in [1.165, 1.54) is 16.0 Å². The van der Waals surface area contributed by atoms with Crippen LogP contribution < -0.4 is 4.90 Å². The van der Waals surface area contributed by atoms with Crippen molar-refractivity contribution in [3.63, 3.8) is 0 Å². The van der Waals surface area contributed by atoms with Crippen LogP contribution in [0.3, 0.4) is 0 Å². The fraction of sp³-hybridized carbons (Fsp3) is 0.400. The number of fused-ring (bicyclic) bond motifs is 3. The van der Waals surface area contributed by atoms with Crippen LogP contribution in [0.5, 0.6) is 5.75 Å². The SMILES string of the molecule is C/C(=C\c1cc(Br)ccc1O)CC[C@H]1OC[C@H]2C1=C(C(C)C)C[C@H]1C(=O)N(c3ccccc3)C(=O)[C@H]12. The van der Waals surface area contributed by atoms with Gasteiger partial charge in [0.15, 0.2) is 0 Å². The van der Waals surface area contributed by atoms with Crippen molar-refractivity contribution in [2.24, 2.45) is 23.7 Å². The minimum atomic E-state index is -0.351. The predicted molar refractivity (Wildman–Crippen MR) is 144 cm³/mol. The third-order valence-corrected chi connectivity index (χ3v) is 8.34. The van der Waals surface area contributed by atoms with Crippen molar-refractivity contribution < 1.29 is 19.4 Å². The third kappa shape index (κ3) is 4.46. The van der Waals surface area contributed by atoms with Crippen LogP contribution in [0.4, 0.5) is 5.69 Å². The Labute approximate surface area is 221 Å². The van der Waals surface area contributed by atoms with Gasteiger partial charge in [0.25, 0.3) is 0 Å². The number of benzene rings is 2. The molecule has 2 aromatic rings. The lowest BCUT2D eigenvalue weighted by atomic mass is 9.67. The molecule has 4 atom stereocenters. The standard InChI is InChI=1S/C30H32BrNO4/c1-17(2)22-15-23-28(30(35)32(29(23)34)21-7-5-4-6-8-21)24-16-36-26(27(22)24)12-9-18(3)13-19-14-20(31)10-11-25(19)33/h4-8,10-11,13-14,17,23-24,26,28,33H,9,12,15-16H2,1-3H3/b18-13+/t23-,24+,26-,28-/m1/s1. The van der Waals surface area contributed by atoms with E-state index in [2.05, 4.69) is 36.7 Å². The number of carbonyl (C=O) groups is 2. The number of anilines is 1. The van der Waals surface area contributed by atoms with Crippen LogP contribution in [0.2, 0.25) is 0 Å². The Hall–Kier alpha value is -2.70. The Morgan fingerprint density at radius 2 is 1.89 bits per heavy atom. The largest absolute Gasteiger partial charge is 0.507 e. The normalized spacial score (nSPS) is 26.1. The first-order valence-electron chi connectivity index (χ1n) is 12.7. The molecule has 6 heteroatoms. The smallest absolute Gasteiger partial charge is 0.238 e. The maximum Gasteiger partial charge on any atom is 0.238 e. The quantitative estimate of drug-likeness (QED) is 0.329. The number of hydrogen-bond acceptors (Lipinski definition) is 4. The number of para-hydroxylation sites is 1. The Morgan fingerprint density at radius 3 is 2.61 bits per heavy atom. The highest BCUT2D eigenvalue weighted by Gasteiger charge is 2.57. The number of carbonyl (C=O) groups excluding carboxylic acids is 2. The summed E-state index contributed by atoms with van der Waals surface area (Å²) in [6, 6.07) is 14.7. The number of hydrogen-bond donors (Lipinski definition) is 1. The number of nitrogens with zero attached hydrogens (tertiary/aromatic N) is 1. The van der Waals surface area contributed by atoms with E-state index in [0.29, 0.717) is 18.7 Å². The van der Waals surface area contributed by atoms with Gasteiger partial charge in [-0.25, -0.2) is 0 Å². The Kier molecular flexibility index (Phi) is 6.92. The zero-order chi connectivity index (χ0) is 25.6. The molecule has 0 radical (unpaired) electrons. The van der Waals surface area contributed by atoms with Crippen molar-refractivity contribution in [3.05, 3.63) is 75.3 Å². The van der Waals surface area contributed by atoms with Crippen LogP contribution in [0.15, 0.2) is 69.7 Å². The number of imide groups is 1. The van der Waals surface area contributed by atoms with Crippen LogP contribution in [-0.2, 0) is 14.3 Å². The number of phenolic OH excluding ortho intramolecular Hbond substituents is 1. The van der Waals surface area contributed by atoms with Crippen LogP contribution in [-0.4, -0.2) is 29.6 Å². The van der Waals surface area contributed by atoms with Gasteiger partial charge in [-0.05, 0) is 68.0 Å². The highest BCUT2D eigenvalue weighted by atomic mass is 79.9. The molecule has 0 unspecified atom stereocenters. The first kappa shape index (κ1) is 25.0. The lowest BCUT2D eigenvalue weighted by Gasteiger charge is -2.33. The fourth-order valence-electron chi connectivity index (χ4n) is 6.13. The summed E-state index contributed by atoms with van der Waals surface area (Å²) < 4.78 is 7.25. The maximum atomic E-state index is 13.6. The van der Waals surface area contributed by atoms with E-state index in [4.69, 9.17) is 4.74 Å². The van der Waals surface area contributed by atoms with Gasteiger partial charge < -0.3 is 9.84 Å². The van der Waals surface area contributed by atoms with Gasteiger partial charge in [-0.1, -0.05) is 65.2 Å². The Balaban J connectivity index is 1.39. The minimum absolute atomic E-state index is 0.0466. The zero-order valence-corrected chi connectivity index (χ0v) is 22.5. The van der Waals surface area contributed by atoms with E-state index < -0.39 is 0 Å². The van der Waals surface area contributed by atoms with Gasteiger partial charge in [0, 0.05) is 16.0 Å². The number of phenols is 1. The zero-order valence-electron chi connectivity index (χ0n) is 20.9. The predicted octanol–water partition coefficient (Wildman–Crippen LogP) is 6.52. The third-order valence-electron chi connectivity index (χ3n) is 7.85. The van der Waals surface area contributed by atoms with Gasteiger partial charge >= 0.3 is 0 Å². The van der Waals surface area contributed by atoms with Crippen molar-refractivity contribution in [3.8, 4) is 5.75 Å². The molecule has 2 aromatic carbocycles. The lowest BCUT2D eigenvalue weighted by molar-refractivity contribution is -0.122. The number of ether oxygens (including phenoxy) is 1. The number of aromatic hydroxyl groups is 1. The average molecular weight is 550 g/mol. The van der Waals surface area contributed by atoms with Gasteiger partial charge in [-0.15, -0.1) is 0 Å². The molecule has 5 nitrogen and oxygen atoms in total. The molecule has 36 heavy (non-hydrogen) atoms. The van der Waals surface area contributed by atoms with Crippen molar-refractivity contribution in [1.82, 2.24) is 0 Å². The molecular formula is C30H32BrNO4. The highest BCUT2D eigenvalue weighted by Crippen LogP contribution is 2.51. The molecule has 3 aliphatic rings. The van der Waals surface area contributed by atoms with Gasteiger partial charge in [-0.3, -0.25) is 14.5 Å². The molecule has 2 saturated heterocycles. The van der Waals surface area contributed by atoms with Crippen molar-refractivity contribution >= 4 is 39.5 Å². The van der Waals surface area contributed by atoms with Gasteiger partial charge in [0.05, 0.1) is 30.2 Å². The average Bonchev–Trinajstić information content (AvgIpc) is 3.38. The molecule has 5 rings (SSSR count). The van der Waals surface area contributed by atoms with Gasteiger partial charge in [-0.2, -0.15) is 0 Å². The molecule has 188 valence electrons. The fourth-order valence-corrected chi connectivity index (χ4v) is 6.51. The number of amides is 2. The summed E-state index contributed by atoms with van der Waals surface area (Å²) in [6.07, 6.45) is 4.21. The molecule has 2 amide bonds. The topological polar surface area (TPSA) is 66.8 Å². The molecule has 0 aromatic heterocycles. The Morgan fingerprint density at radius 1 is 1.14 bits per heavy atom. The summed E-state index contributed by atoms with van der Waals surface area (Å²) in [4.78, 5) is 28.4. The highest BCUT2D eigenvalue weighted by molar-refractivity contribution is 9.10.